The van der Waals surface area contributed by atoms with Gasteiger partial charge in [0.2, 0.25) is 5.91 Å². The van der Waals surface area contributed by atoms with E-state index in [0.717, 1.165) is 0 Å². The van der Waals surface area contributed by atoms with Crippen LogP contribution in [0.25, 0.3) is 0 Å². The monoisotopic (exact) mass is 392 g/mol. The van der Waals surface area contributed by atoms with Gasteiger partial charge < -0.3 is 21.1 Å². The average Bonchev–Trinajstić information content (AvgIpc) is 2.61. The van der Waals surface area contributed by atoms with E-state index in [4.69, 9.17) is 10.5 Å². The lowest BCUT2D eigenvalue weighted by molar-refractivity contribution is -0.117. The molecule has 1 atom stereocenters. The predicted octanol–water partition coefficient (Wildman–Crippen LogP) is 1.49. The van der Waals surface area contributed by atoms with Crippen LogP contribution in [0.4, 0.5) is 16.2 Å². The van der Waals surface area contributed by atoms with Gasteiger partial charge in [0, 0.05) is 5.69 Å². The summed E-state index contributed by atoms with van der Waals surface area (Å²) in [4.78, 5) is 22.8. The van der Waals surface area contributed by atoms with Crippen LogP contribution in [0.5, 0.6) is 5.75 Å². The summed E-state index contributed by atoms with van der Waals surface area (Å²) < 4.78 is 32.8. The van der Waals surface area contributed by atoms with Gasteiger partial charge in [-0.2, -0.15) is 0 Å². The number of para-hydroxylation sites is 2. The van der Waals surface area contributed by atoms with E-state index in [-0.39, 0.29) is 16.3 Å². The Morgan fingerprint density at radius 1 is 1.11 bits per heavy atom. The zero-order chi connectivity index (χ0) is 20.0. The third kappa shape index (κ3) is 5.35. The number of benzene rings is 2. The quantitative estimate of drug-likeness (QED) is 0.565. The first-order chi connectivity index (χ1) is 12.7. The Morgan fingerprint density at radius 3 is 2.48 bits per heavy atom. The molecule has 0 bridgehead atoms. The van der Waals surface area contributed by atoms with Crippen LogP contribution in [-0.2, 0) is 14.8 Å². The van der Waals surface area contributed by atoms with Gasteiger partial charge in [0.25, 0.3) is 10.0 Å². The summed E-state index contributed by atoms with van der Waals surface area (Å²) in [5.74, 6) is -0.169. The smallest absolute Gasteiger partial charge is 0.312 e. The predicted molar refractivity (Wildman–Crippen MR) is 101 cm³/mol. The van der Waals surface area contributed by atoms with Crippen molar-refractivity contribution in [3.05, 3.63) is 48.5 Å². The minimum atomic E-state index is -3.91. The minimum Gasteiger partial charge on any atom is -0.495 e. The van der Waals surface area contributed by atoms with Gasteiger partial charge in [0.05, 0.1) is 17.7 Å². The first kappa shape index (κ1) is 20.0. The molecule has 27 heavy (non-hydrogen) atoms. The Bertz CT molecular complexity index is 946. The van der Waals surface area contributed by atoms with Gasteiger partial charge in [-0.3, -0.25) is 9.52 Å². The molecule has 0 saturated heterocycles. The second-order valence-electron chi connectivity index (χ2n) is 5.55. The molecule has 0 heterocycles. The van der Waals surface area contributed by atoms with Gasteiger partial charge in [-0.25, -0.2) is 13.2 Å². The van der Waals surface area contributed by atoms with E-state index >= 15 is 0 Å². The number of carbonyl (C=O) groups is 2. The fourth-order valence-corrected chi connectivity index (χ4v) is 3.32. The van der Waals surface area contributed by atoms with Crippen molar-refractivity contribution in [2.24, 2.45) is 5.73 Å². The normalized spacial score (nSPS) is 11.9. The Labute approximate surface area is 157 Å². The summed E-state index contributed by atoms with van der Waals surface area (Å²) >= 11 is 0. The maximum absolute atomic E-state index is 12.6. The zero-order valence-electron chi connectivity index (χ0n) is 14.7. The molecule has 2 aromatic carbocycles. The van der Waals surface area contributed by atoms with Crippen molar-refractivity contribution in [2.45, 2.75) is 17.9 Å². The molecule has 0 aliphatic rings. The molecule has 2 aromatic rings. The maximum atomic E-state index is 12.6. The van der Waals surface area contributed by atoms with Crippen molar-refractivity contribution in [1.82, 2.24) is 5.32 Å². The number of nitrogens with one attached hydrogen (secondary N) is 3. The third-order valence-corrected chi connectivity index (χ3v) is 4.88. The standard InChI is InChI=1S/C17H20N4O5S/c1-11(19-17(18)23)16(22)20-12-6-5-7-13(10-12)27(24,25)21-14-8-3-4-9-15(14)26-2/h3-11,21H,1-2H3,(H,20,22)(H3,18,19,23). The average molecular weight is 392 g/mol. The highest BCUT2D eigenvalue weighted by Gasteiger charge is 2.18. The van der Waals surface area contributed by atoms with Crippen molar-refractivity contribution in [2.75, 3.05) is 17.1 Å². The molecule has 0 radical (unpaired) electrons. The zero-order valence-corrected chi connectivity index (χ0v) is 15.5. The number of sulfonamides is 1. The van der Waals surface area contributed by atoms with E-state index in [1.807, 2.05) is 0 Å². The fourth-order valence-electron chi connectivity index (χ4n) is 2.20. The van der Waals surface area contributed by atoms with Crippen LogP contribution in [0.3, 0.4) is 0 Å². The first-order valence-electron chi connectivity index (χ1n) is 7.85. The van der Waals surface area contributed by atoms with Crippen molar-refractivity contribution < 1.29 is 22.7 Å². The summed E-state index contributed by atoms with van der Waals surface area (Å²) in [6.45, 7) is 1.45. The molecule has 0 saturated carbocycles. The highest BCUT2D eigenvalue weighted by molar-refractivity contribution is 7.92. The van der Waals surface area contributed by atoms with E-state index in [1.54, 1.807) is 24.3 Å². The highest BCUT2D eigenvalue weighted by Crippen LogP contribution is 2.26. The summed E-state index contributed by atoms with van der Waals surface area (Å²) in [6.07, 6.45) is 0. The Balaban J connectivity index is 2.20. The van der Waals surface area contributed by atoms with Crippen molar-refractivity contribution >= 4 is 33.3 Å². The van der Waals surface area contributed by atoms with Crippen LogP contribution < -0.4 is 25.8 Å². The number of hydrogen-bond donors (Lipinski definition) is 4. The number of primary amides is 1. The van der Waals surface area contributed by atoms with Crippen LogP contribution in [0, 0.1) is 0 Å². The number of methoxy groups -OCH3 is 1. The SMILES string of the molecule is COc1ccccc1NS(=O)(=O)c1cccc(NC(=O)C(C)NC(N)=O)c1. The van der Waals surface area contributed by atoms with Gasteiger partial charge in [-0.1, -0.05) is 18.2 Å². The Hall–Kier alpha value is -3.27. The van der Waals surface area contributed by atoms with Crippen molar-refractivity contribution in [3.8, 4) is 5.75 Å². The van der Waals surface area contributed by atoms with E-state index in [9.17, 15) is 18.0 Å². The molecule has 1 unspecified atom stereocenters. The van der Waals surface area contributed by atoms with Crippen LogP contribution in [0.2, 0.25) is 0 Å². The van der Waals surface area contributed by atoms with Crippen LogP contribution in [-0.4, -0.2) is 33.5 Å². The number of ether oxygens (including phenoxy) is 1. The molecule has 0 spiro atoms. The summed E-state index contributed by atoms with van der Waals surface area (Å²) in [5.41, 5.74) is 5.51. The van der Waals surface area contributed by atoms with Crippen molar-refractivity contribution in [3.63, 3.8) is 0 Å². The van der Waals surface area contributed by atoms with E-state index in [1.165, 1.54) is 38.3 Å². The molecule has 3 amide bonds. The summed E-state index contributed by atoms with van der Waals surface area (Å²) in [6, 6.07) is 10.6. The fraction of sp³-hybridized carbons (Fsp3) is 0.176. The molecule has 2 rings (SSSR count). The number of rotatable bonds is 7. The molecular formula is C17H20N4O5S. The lowest BCUT2D eigenvalue weighted by atomic mass is 10.2. The molecular weight excluding hydrogens is 372 g/mol. The lowest BCUT2D eigenvalue weighted by Crippen LogP contribution is -2.44. The van der Waals surface area contributed by atoms with Gasteiger partial charge >= 0.3 is 6.03 Å². The highest BCUT2D eigenvalue weighted by atomic mass is 32.2. The number of hydrogen-bond acceptors (Lipinski definition) is 5. The number of amides is 3. The third-order valence-electron chi connectivity index (χ3n) is 3.52. The Kier molecular flexibility index (Phi) is 6.24. The summed E-state index contributed by atoms with van der Waals surface area (Å²) in [5, 5.41) is 4.76. The van der Waals surface area contributed by atoms with Gasteiger partial charge in [0.1, 0.15) is 11.8 Å². The molecule has 0 fully saturated rings. The number of urea groups is 1. The first-order valence-corrected chi connectivity index (χ1v) is 9.34. The van der Waals surface area contributed by atoms with Crippen molar-refractivity contribution in [1.29, 1.82) is 0 Å². The largest absolute Gasteiger partial charge is 0.495 e. The lowest BCUT2D eigenvalue weighted by Gasteiger charge is -2.14. The second kappa shape index (κ2) is 8.41. The minimum absolute atomic E-state index is 0.0540. The topological polar surface area (TPSA) is 140 Å². The number of nitrogens with two attached hydrogens (primary N) is 1. The van der Waals surface area contributed by atoms with E-state index in [2.05, 4.69) is 15.4 Å². The number of anilines is 2. The molecule has 0 aliphatic carbocycles. The van der Waals surface area contributed by atoms with Gasteiger partial charge in [-0.05, 0) is 37.3 Å². The molecule has 10 heteroatoms. The van der Waals surface area contributed by atoms with E-state index in [0.29, 0.717) is 5.75 Å². The Morgan fingerprint density at radius 2 is 1.81 bits per heavy atom. The van der Waals surface area contributed by atoms with Crippen LogP contribution >= 0.6 is 0 Å². The van der Waals surface area contributed by atoms with Crippen LogP contribution in [0.1, 0.15) is 6.92 Å². The van der Waals surface area contributed by atoms with Gasteiger partial charge in [-0.15, -0.1) is 0 Å². The second-order valence-corrected chi connectivity index (χ2v) is 7.24. The molecule has 5 N–H and O–H groups in total. The molecule has 9 nitrogen and oxygen atoms in total. The maximum Gasteiger partial charge on any atom is 0.312 e. The summed E-state index contributed by atoms with van der Waals surface area (Å²) in [7, 11) is -2.48. The van der Waals surface area contributed by atoms with Crippen LogP contribution in [0.15, 0.2) is 53.4 Å². The molecule has 144 valence electrons. The number of carbonyl (C=O) groups excluding carboxylic acids is 2. The van der Waals surface area contributed by atoms with E-state index < -0.39 is 28.0 Å². The van der Waals surface area contributed by atoms with Gasteiger partial charge in [0.15, 0.2) is 0 Å². The molecule has 0 aliphatic heterocycles. The molecule has 0 aromatic heterocycles.